The van der Waals surface area contributed by atoms with E-state index in [1.54, 1.807) is 0 Å². The molecule has 152 valence electrons. The van der Waals surface area contributed by atoms with Crippen LogP contribution in [0.4, 0.5) is 4.79 Å². The molecule has 3 aliphatic heterocycles. The van der Waals surface area contributed by atoms with Crippen molar-refractivity contribution in [3.05, 3.63) is 0 Å². The molecule has 3 rings (SSSR count). The molecule has 1 fully saturated rings. The molecule has 1 amide bonds. The van der Waals surface area contributed by atoms with Crippen LogP contribution in [0.5, 0.6) is 0 Å². The number of guanidine groups is 2. The number of aliphatic hydroxyl groups excluding tert-OH is 1. The molecule has 15 nitrogen and oxygen atoms in total. The topological polar surface area (TPSA) is 247 Å². The number of nitrogens with one attached hydrogen (secondary N) is 1. The highest BCUT2D eigenvalue weighted by Gasteiger charge is 2.77. The van der Waals surface area contributed by atoms with Crippen LogP contribution in [0, 0.1) is 0 Å². The summed E-state index contributed by atoms with van der Waals surface area (Å²) >= 11 is 0. The van der Waals surface area contributed by atoms with Crippen molar-refractivity contribution in [2.24, 2.45) is 27.2 Å². The summed E-state index contributed by atoms with van der Waals surface area (Å²) in [6.07, 6.45) is -2.85. The Morgan fingerprint density at radius 1 is 1.37 bits per heavy atom. The normalized spacial score (nSPS) is 36.4. The van der Waals surface area contributed by atoms with E-state index in [0.717, 1.165) is 0 Å². The minimum atomic E-state index is -2.84. The Kier molecular flexibility index (Phi) is 4.74. The van der Waals surface area contributed by atoms with Gasteiger partial charge in [0.15, 0.2) is 23.7 Å². The molecule has 0 bridgehead atoms. The molecule has 1 spiro atoms. The number of aliphatic hydroxyl groups is 3. The van der Waals surface area contributed by atoms with Crippen molar-refractivity contribution in [2.75, 3.05) is 13.2 Å². The summed E-state index contributed by atoms with van der Waals surface area (Å²) in [6, 6.07) is -3.15. The Morgan fingerprint density at radius 2 is 2.07 bits per heavy atom. The fourth-order valence-corrected chi connectivity index (χ4v) is 4.02. The van der Waals surface area contributed by atoms with E-state index < -0.39 is 48.4 Å². The zero-order valence-corrected chi connectivity index (χ0v) is 13.9. The third kappa shape index (κ3) is 2.63. The summed E-state index contributed by atoms with van der Waals surface area (Å²) in [5.74, 6) is -3.24. The summed E-state index contributed by atoms with van der Waals surface area (Å²) < 4.78 is 4.75. The van der Waals surface area contributed by atoms with Gasteiger partial charge in [-0.25, -0.2) is 19.7 Å². The number of aliphatic imine (C=N–C) groups is 2. The maximum Gasteiger partial charge on any atom is 0.404 e. The van der Waals surface area contributed by atoms with Crippen molar-refractivity contribution in [3.8, 4) is 0 Å². The maximum absolute atomic E-state index is 10.9. The molecule has 0 aromatic heterocycles. The number of hydrogen-bond acceptors (Lipinski definition) is 14. The van der Waals surface area contributed by atoms with Crippen molar-refractivity contribution in [2.45, 2.75) is 42.1 Å². The molecule has 1 saturated heterocycles. The average Bonchev–Trinajstić information content (AvgIpc) is 3.02. The molecule has 15 heteroatoms. The highest BCUT2D eigenvalue weighted by atomic mass is 17.5. The standard InChI is InChI=1S/C12H21N7O8/c13-8-17-6-4(3-25-10(15)21)16-9(14)19-5(1-2-20)7(26-27-24)12(22,23)11(6,19)18-8/h4-7,20,22-24H,1-3H2,(H2,14,16)(H2,15,21)(H3,13,17,18)/p-1/t4-,5?,6-,7-,11-/m0/s1. The Morgan fingerprint density at radius 3 is 2.67 bits per heavy atom. The van der Waals surface area contributed by atoms with Crippen LogP contribution in [0.1, 0.15) is 6.42 Å². The molecule has 27 heavy (non-hydrogen) atoms. The molecule has 1 unspecified atom stereocenters. The van der Waals surface area contributed by atoms with Crippen molar-refractivity contribution >= 4 is 18.0 Å². The molecule has 3 heterocycles. The second-order valence-corrected chi connectivity index (χ2v) is 6.30. The van der Waals surface area contributed by atoms with Crippen LogP contribution in [0.25, 0.3) is 0 Å². The first-order valence-electron chi connectivity index (χ1n) is 7.87. The van der Waals surface area contributed by atoms with Crippen LogP contribution in [0.2, 0.25) is 0 Å². The number of nitrogens with two attached hydrogens (primary N) is 3. The highest BCUT2D eigenvalue weighted by molar-refractivity contribution is 5.87. The number of amides is 1. The lowest BCUT2D eigenvalue weighted by molar-refractivity contribution is -0.808. The van der Waals surface area contributed by atoms with Crippen molar-refractivity contribution in [3.63, 3.8) is 0 Å². The Hall–Kier alpha value is -2.43. The molecule has 0 radical (unpaired) electrons. The lowest BCUT2D eigenvalue weighted by Crippen LogP contribution is -2.78. The molecule has 5 atom stereocenters. The number of primary amides is 1. The van der Waals surface area contributed by atoms with Gasteiger partial charge < -0.3 is 52.7 Å². The van der Waals surface area contributed by atoms with Crippen LogP contribution in [-0.4, -0.2) is 87.1 Å². The van der Waals surface area contributed by atoms with Gasteiger partial charge in [-0.2, -0.15) is 0 Å². The number of hydrogen-bond donors (Lipinski definition) is 7. The van der Waals surface area contributed by atoms with Gasteiger partial charge in [0.1, 0.15) is 18.7 Å². The zero-order valence-electron chi connectivity index (χ0n) is 13.9. The quantitative estimate of drug-likeness (QED) is 0.127. The largest absolute Gasteiger partial charge is 0.692 e. The zero-order chi connectivity index (χ0) is 20.0. The van der Waals surface area contributed by atoms with E-state index in [1.165, 1.54) is 4.90 Å². The average molecular weight is 390 g/mol. The van der Waals surface area contributed by atoms with Gasteiger partial charge in [-0.3, -0.25) is 5.04 Å². The lowest BCUT2D eigenvalue weighted by Gasteiger charge is -2.49. The van der Waals surface area contributed by atoms with E-state index in [9.17, 15) is 25.4 Å². The number of carbonyl (C=O) groups is 1. The molecule has 10 N–H and O–H groups in total. The smallest absolute Gasteiger partial charge is 0.404 e. The second kappa shape index (κ2) is 6.63. The summed E-state index contributed by atoms with van der Waals surface area (Å²) in [5, 5.41) is 47.8. The van der Waals surface area contributed by atoms with Gasteiger partial charge in [0.25, 0.3) is 0 Å². The van der Waals surface area contributed by atoms with Crippen molar-refractivity contribution < 1.29 is 40.0 Å². The van der Waals surface area contributed by atoms with E-state index >= 15 is 0 Å². The molecule has 0 saturated carbocycles. The number of nitrogens with zero attached hydrogens (tertiary/aromatic N) is 3. The minimum Gasteiger partial charge on any atom is -0.692 e. The maximum atomic E-state index is 10.9. The van der Waals surface area contributed by atoms with E-state index in [4.69, 9.17) is 21.9 Å². The predicted octanol–water partition coefficient (Wildman–Crippen LogP) is -5.90. The van der Waals surface area contributed by atoms with Crippen LogP contribution in [0.15, 0.2) is 9.98 Å². The van der Waals surface area contributed by atoms with Gasteiger partial charge in [-0.05, 0) is 6.42 Å². The van der Waals surface area contributed by atoms with Gasteiger partial charge in [-0.1, -0.05) is 0 Å². The number of rotatable bonds is 6. The van der Waals surface area contributed by atoms with E-state index in [1.807, 2.05) is 0 Å². The van der Waals surface area contributed by atoms with E-state index in [2.05, 4.69) is 25.2 Å². The summed E-state index contributed by atoms with van der Waals surface area (Å²) in [6.45, 7) is -0.784. The number of ether oxygens (including phenoxy) is 1. The van der Waals surface area contributed by atoms with Crippen LogP contribution in [-0.2, 0) is 14.7 Å². The molecule has 0 aliphatic carbocycles. The monoisotopic (exact) mass is 390 g/mol. The molecular weight excluding hydrogens is 370 g/mol. The summed E-state index contributed by atoms with van der Waals surface area (Å²) in [7, 11) is 0. The van der Waals surface area contributed by atoms with Gasteiger partial charge in [-0.15, -0.1) is 0 Å². The van der Waals surface area contributed by atoms with Gasteiger partial charge in [0.05, 0.1) is 6.04 Å². The van der Waals surface area contributed by atoms with Gasteiger partial charge in [0, 0.05) is 6.61 Å². The van der Waals surface area contributed by atoms with Gasteiger partial charge in [0.2, 0.25) is 5.79 Å². The third-order valence-corrected chi connectivity index (χ3v) is 4.92. The molecule has 0 aromatic carbocycles. The SMILES string of the molecule is NC(=O)OC[C@@H]1N=C(N)N2C(CCO)[C@H](OO[O-])C(O)(O)[C@@]23NC(N)=N[C@@H]13. The predicted molar refractivity (Wildman–Crippen MR) is 82.7 cm³/mol. The van der Waals surface area contributed by atoms with Crippen LogP contribution < -0.4 is 27.8 Å². The first kappa shape index (κ1) is 19.3. The lowest BCUT2D eigenvalue weighted by atomic mass is 9.86. The first-order chi connectivity index (χ1) is 12.7. The Bertz CT molecular complexity index is 672. The van der Waals surface area contributed by atoms with Gasteiger partial charge >= 0.3 is 6.09 Å². The fraction of sp³-hybridized carbons (Fsp3) is 0.750. The van der Waals surface area contributed by atoms with E-state index in [-0.39, 0.29) is 24.9 Å². The van der Waals surface area contributed by atoms with Crippen LogP contribution >= 0.6 is 0 Å². The summed E-state index contributed by atoms with van der Waals surface area (Å²) in [4.78, 5) is 25.0. The second-order valence-electron chi connectivity index (χ2n) is 6.30. The Labute approximate surface area is 151 Å². The molecule has 3 aliphatic rings. The van der Waals surface area contributed by atoms with Crippen LogP contribution in [0.3, 0.4) is 0 Å². The Balaban J connectivity index is 2.10. The van der Waals surface area contributed by atoms with Crippen molar-refractivity contribution in [1.29, 1.82) is 0 Å². The number of carbonyl (C=O) groups excluding carboxylic acids is 1. The fourth-order valence-electron chi connectivity index (χ4n) is 4.02. The first-order valence-corrected chi connectivity index (χ1v) is 7.87. The molecular formula is C12H20N7O8-. The third-order valence-electron chi connectivity index (χ3n) is 4.92. The van der Waals surface area contributed by atoms with E-state index in [0.29, 0.717) is 0 Å². The summed E-state index contributed by atoms with van der Waals surface area (Å²) in [5.41, 5.74) is 14.8. The molecule has 0 aromatic rings. The van der Waals surface area contributed by atoms with Crippen molar-refractivity contribution in [1.82, 2.24) is 10.2 Å². The highest BCUT2D eigenvalue weighted by Crippen LogP contribution is 2.49. The minimum absolute atomic E-state index is 0.0916.